The SMILES string of the molecule is Cc1ccc(S(=O)(=O)OCC[C@@H]2CC2C2CCN(c3ncc(Cl)cn3)CC2)cc1. The van der Waals surface area contributed by atoms with Crippen LogP contribution in [0.25, 0.3) is 0 Å². The Labute approximate surface area is 177 Å². The molecule has 2 heterocycles. The molecule has 2 aliphatic rings. The lowest BCUT2D eigenvalue weighted by molar-refractivity contribution is 0.287. The minimum atomic E-state index is -3.66. The van der Waals surface area contributed by atoms with Gasteiger partial charge in [0, 0.05) is 13.1 Å². The number of benzene rings is 1. The molecule has 6 nitrogen and oxygen atoms in total. The number of hydrogen-bond acceptors (Lipinski definition) is 6. The molecule has 0 N–H and O–H groups in total. The lowest BCUT2D eigenvalue weighted by Crippen LogP contribution is -2.35. The van der Waals surface area contributed by atoms with Crippen LogP contribution in [0.2, 0.25) is 5.02 Å². The number of halogens is 1. The third-order valence-electron chi connectivity index (χ3n) is 6.05. The second-order valence-corrected chi connectivity index (χ2v) is 10.1. The molecule has 1 aromatic carbocycles. The Bertz CT molecular complexity index is 927. The standard InChI is InChI=1S/C21H26ClN3O3S/c1-15-2-4-19(5-3-15)29(26,27)28-11-8-17-12-20(17)16-6-9-25(10-7-16)21-23-13-18(22)14-24-21/h2-5,13-14,16-17,20H,6-12H2,1H3/t17-,20?/m1/s1. The molecule has 4 rings (SSSR count). The van der Waals surface area contributed by atoms with Crippen molar-refractivity contribution in [3.8, 4) is 0 Å². The molecular weight excluding hydrogens is 410 g/mol. The van der Waals surface area contributed by atoms with Gasteiger partial charge in [0.05, 0.1) is 28.9 Å². The van der Waals surface area contributed by atoms with E-state index in [0.29, 0.717) is 22.8 Å². The average molecular weight is 436 g/mol. The van der Waals surface area contributed by atoms with Gasteiger partial charge in [-0.25, -0.2) is 9.97 Å². The highest BCUT2D eigenvalue weighted by atomic mass is 35.5. The van der Waals surface area contributed by atoms with Crippen molar-refractivity contribution in [2.75, 3.05) is 24.6 Å². The van der Waals surface area contributed by atoms with Crippen LogP contribution < -0.4 is 4.90 Å². The molecule has 1 unspecified atom stereocenters. The number of nitrogens with zero attached hydrogens (tertiary/aromatic N) is 3. The Morgan fingerprint density at radius 3 is 2.45 bits per heavy atom. The highest BCUT2D eigenvalue weighted by Gasteiger charge is 2.43. The fourth-order valence-electron chi connectivity index (χ4n) is 4.26. The number of piperidine rings is 1. The number of aromatic nitrogens is 2. The van der Waals surface area contributed by atoms with Gasteiger partial charge in [-0.05, 0) is 62.5 Å². The quantitative estimate of drug-likeness (QED) is 0.610. The summed E-state index contributed by atoms with van der Waals surface area (Å²) in [4.78, 5) is 11.0. The molecule has 0 spiro atoms. The van der Waals surface area contributed by atoms with E-state index in [-0.39, 0.29) is 11.5 Å². The van der Waals surface area contributed by atoms with Crippen LogP contribution in [-0.2, 0) is 14.3 Å². The molecule has 0 radical (unpaired) electrons. The molecule has 1 aliphatic heterocycles. The first-order chi connectivity index (χ1) is 13.9. The molecule has 8 heteroatoms. The van der Waals surface area contributed by atoms with Crippen LogP contribution in [0.4, 0.5) is 5.95 Å². The zero-order valence-electron chi connectivity index (χ0n) is 16.5. The molecule has 29 heavy (non-hydrogen) atoms. The van der Waals surface area contributed by atoms with E-state index in [1.807, 2.05) is 6.92 Å². The van der Waals surface area contributed by atoms with Crippen molar-refractivity contribution in [1.82, 2.24) is 9.97 Å². The summed E-state index contributed by atoms with van der Waals surface area (Å²) in [5.74, 6) is 2.70. The van der Waals surface area contributed by atoms with E-state index in [1.165, 1.54) is 6.42 Å². The van der Waals surface area contributed by atoms with Crippen LogP contribution >= 0.6 is 11.6 Å². The van der Waals surface area contributed by atoms with Crippen molar-refractivity contribution < 1.29 is 12.6 Å². The number of aryl methyl sites for hydroxylation is 1. The Morgan fingerprint density at radius 2 is 1.79 bits per heavy atom. The maximum atomic E-state index is 12.3. The van der Waals surface area contributed by atoms with Crippen LogP contribution in [0.1, 0.15) is 31.2 Å². The lowest BCUT2D eigenvalue weighted by atomic mass is 9.90. The van der Waals surface area contributed by atoms with Gasteiger partial charge in [-0.15, -0.1) is 0 Å². The van der Waals surface area contributed by atoms with Gasteiger partial charge in [0.2, 0.25) is 5.95 Å². The highest BCUT2D eigenvalue weighted by Crippen LogP contribution is 2.50. The first kappa shape index (κ1) is 20.6. The van der Waals surface area contributed by atoms with Gasteiger partial charge in [-0.2, -0.15) is 8.42 Å². The predicted octanol–water partition coefficient (Wildman–Crippen LogP) is 4.09. The smallest absolute Gasteiger partial charge is 0.296 e. The average Bonchev–Trinajstić information content (AvgIpc) is 3.48. The summed E-state index contributed by atoms with van der Waals surface area (Å²) in [7, 11) is -3.66. The van der Waals surface area contributed by atoms with Crippen molar-refractivity contribution in [2.45, 2.75) is 37.5 Å². The number of anilines is 1. The fraction of sp³-hybridized carbons (Fsp3) is 0.524. The second-order valence-electron chi connectivity index (χ2n) is 8.06. The van der Waals surface area contributed by atoms with Gasteiger partial charge in [0.1, 0.15) is 0 Å². The molecule has 2 fully saturated rings. The second kappa shape index (κ2) is 8.58. The summed E-state index contributed by atoms with van der Waals surface area (Å²) in [6.45, 7) is 4.09. The van der Waals surface area contributed by atoms with E-state index in [2.05, 4.69) is 14.9 Å². The fourth-order valence-corrected chi connectivity index (χ4v) is 5.28. The monoisotopic (exact) mass is 435 g/mol. The predicted molar refractivity (Wildman–Crippen MR) is 113 cm³/mol. The summed E-state index contributed by atoms with van der Waals surface area (Å²) in [5.41, 5.74) is 1.03. The zero-order chi connectivity index (χ0) is 20.4. The first-order valence-electron chi connectivity index (χ1n) is 10.1. The zero-order valence-corrected chi connectivity index (χ0v) is 18.1. The Kier molecular flexibility index (Phi) is 6.08. The Balaban J connectivity index is 1.20. The molecule has 1 saturated heterocycles. The largest absolute Gasteiger partial charge is 0.341 e. The third kappa shape index (κ3) is 5.08. The van der Waals surface area contributed by atoms with Crippen LogP contribution in [0.5, 0.6) is 0 Å². The first-order valence-corrected chi connectivity index (χ1v) is 11.9. The summed E-state index contributed by atoms with van der Waals surface area (Å²) in [6, 6.07) is 6.77. The summed E-state index contributed by atoms with van der Waals surface area (Å²) >= 11 is 5.86. The van der Waals surface area contributed by atoms with Crippen molar-refractivity contribution >= 4 is 27.7 Å². The number of rotatable bonds is 7. The van der Waals surface area contributed by atoms with Crippen LogP contribution in [0.3, 0.4) is 0 Å². The topological polar surface area (TPSA) is 72.4 Å². The highest BCUT2D eigenvalue weighted by molar-refractivity contribution is 7.86. The Hall–Kier alpha value is -1.70. The molecule has 0 bridgehead atoms. The van der Waals surface area contributed by atoms with Gasteiger partial charge >= 0.3 is 0 Å². The van der Waals surface area contributed by atoms with E-state index in [0.717, 1.165) is 43.9 Å². The van der Waals surface area contributed by atoms with E-state index in [4.69, 9.17) is 15.8 Å². The van der Waals surface area contributed by atoms with Crippen molar-refractivity contribution in [1.29, 1.82) is 0 Å². The van der Waals surface area contributed by atoms with Crippen molar-refractivity contribution in [3.63, 3.8) is 0 Å². The van der Waals surface area contributed by atoms with Gasteiger partial charge in [-0.1, -0.05) is 29.3 Å². The van der Waals surface area contributed by atoms with E-state index >= 15 is 0 Å². The summed E-state index contributed by atoms with van der Waals surface area (Å²) in [5, 5.41) is 0.552. The Morgan fingerprint density at radius 1 is 1.14 bits per heavy atom. The molecule has 2 aromatic rings. The van der Waals surface area contributed by atoms with Gasteiger partial charge in [-0.3, -0.25) is 4.18 Å². The van der Waals surface area contributed by atoms with Crippen LogP contribution in [0, 0.1) is 24.7 Å². The van der Waals surface area contributed by atoms with Crippen molar-refractivity contribution in [3.05, 3.63) is 47.2 Å². The minimum absolute atomic E-state index is 0.229. The summed E-state index contributed by atoms with van der Waals surface area (Å²) in [6.07, 6.45) is 7.49. The van der Waals surface area contributed by atoms with Crippen molar-refractivity contribution in [2.24, 2.45) is 17.8 Å². The van der Waals surface area contributed by atoms with Gasteiger partial charge in [0.15, 0.2) is 0 Å². The molecule has 156 valence electrons. The van der Waals surface area contributed by atoms with E-state index in [9.17, 15) is 8.42 Å². The molecule has 1 aromatic heterocycles. The summed E-state index contributed by atoms with van der Waals surface area (Å²) < 4.78 is 29.8. The maximum Gasteiger partial charge on any atom is 0.296 e. The molecule has 1 aliphatic carbocycles. The van der Waals surface area contributed by atoms with Crippen LogP contribution in [0.15, 0.2) is 41.6 Å². The van der Waals surface area contributed by atoms with E-state index in [1.54, 1.807) is 36.7 Å². The maximum absolute atomic E-state index is 12.3. The molecule has 2 atom stereocenters. The normalized spacial score (nSPS) is 22.6. The molecule has 0 amide bonds. The number of hydrogen-bond donors (Lipinski definition) is 0. The minimum Gasteiger partial charge on any atom is -0.341 e. The van der Waals surface area contributed by atoms with Crippen LogP contribution in [-0.4, -0.2) is 38.1 Å². The molecular formula is C21H26ClN3O3S. The van der Waals surface area contributed by atoms with Gasteiger partial charge < -0.3 is 4.90 Å². The third-order valence-corrected chi connectivity index (χ3v) is 7.57. The van der Waals surface area contributed by atoms with Gasteiger partial charge in [0.25, 0.3) is 10.1 Å². The molecule has 1 saturated carbocycles. The van der Waals surface area contributed by atoms with E-state index < -0.39 is 10.1 Å². The lowest BCUT2D eigenvalue weighted by Gasteiger charge is -2.32.